The molecule has 0 bridgehead atoms. The van der Waals surface area contributed by atoms with Crippen LogP contribution in [0.3, 0.4) is 0 Å². The molecule has 0 aliphatic carbocycles. The van der Waals surface area contributed by atoms with Crippen LogP contribution in [0.5, 0.6) is 0 Å². The molecule has 1 heterocycles. The van der Waals surface area contributed by atoms with E-state index in [0.717, 1.165) is 25.9 Å². The number of nitrogens with two attached hydrogens (primary N) is 1. The van der Waals surface area contributed by atoms with Crippen LogP contribution in [0.2, 0.25) is 0 Å². The molecule has 3 heteroatoms. The summed E-state index contributed by atoms with van der Waals surface area (Å²) >= 11 is 0. The third-order valence-electron chi connectivity index (χ3n) is 3.90. The van der Waals surface area contributed by atoms with Crippen molar-refractivity contribution in [2.45, 2.75) is 38.5 Å². The van der Waals surface area contributed by atoms with Crippen molar-refractivity contribution in [1.82, 2.24) is 4.90 Å². The van der Waals surface area contributed by atoms with E-state index in [-0.39, 0.29) is 0 Å². The van der Waals surface area contributed by atoms with Crippen molar-refractivity contribution in [3.63, 3.8) is 0 Å². The lowest BCUT2D eigenvalue weighted by Gasteiger charge is -2.38. The number of methoxy groups -OCH3 is 1. The van der Waals surface area contributed by atoms with Crippen LogP contribution in [-0.2, 0) is 11.3 Å². The highest BCUT2D eigenvalue weighted by Gasteiger charge is 2.27. The molecule has 1 saturated heterocycles. The van der Waals surface area contributed by atoms with Gasteiger partial charge in [0.05, 0.1) is 6.10 Å². The summed E-state index contributed by atoms with van der Waals surface area (Å²) in [6, 6.07) is 9.23. The van der Waals surface area contributed by atoms with Gasteiger partial charge in [0.2, 0.25) is 0 Å². The van der Waals surface area contributed by atoms with Crippen molar-refractivity contribution in [3.05, 3.63) is 35.4 Å². The minimum atomic E-state index is 0.382. The van der Waals surface area contributed by atoms with E-state index in [1.165, 1.54) is 11.1 Å². The van der Waals surface area contributed by atoms with E-state index >= 15 is 0 Å². The molecule has 2 atom stereocenters. The van der Waals surface area contributed by atoms with Crippen LogP contribution in [0.15, 0.2) is 24.3 Å². The molecule has 2 N–H and O–H groups in total. The highest BCUT2D eigenvalue weighted by atomic mass is 16.5. The van der Waals surface area contributed by atoms with Crippen LogP contribution in [0.4, 0.5) is 0 Å². The van der Waals surface area contributed by atoms with Crippen molar-refractivity contribution < 1.29 is 4.74 Å². The lowest BCUT2D eigenvalue weighted by molar-refractivity contribution is 0.0102. The molecule has 1 aromatic rings. The minimum Gasteiger partial charge on any atom is -0.381 e. The number of hydrogen-bond acceptors (Lipinski definition) is 3. The third kappa shape index (κ3) is 3.31. The van der Waals surface area contributed by atoms with E-state index in [1.54, 1.807) is 7.11 Å². The summed E-state index contributed by atoms with van der Waals surface area (Å²) in [4.78, 5) is 2.49. The van der Waals surface area contributed by atoms with E-state index in [4.69, 9.17) is 10.5 Å². The molecule has 0 radical (unpaired) electrons. The summed E-state index contributed by atoms with van der Waals surface area (Å²) in [7, 11) is 1.80. The van der Waals surface area contributed by atoms with E-state index < -0.39 is 0 Å². The van der Waals surface area contributed by atoms with E-state index in [1.807, 2.05) is 0 Å². The van der Waals surface area contributed by atoms with Crippen molar-refractivity contribution >= 4 is 0 Å². The Labute approximate surface area is 110 Å². The number of hydrogen-bond donors (Lipinski definition) is 1. The summed E-state index contributed by atoms with van der Waals surface area (Å²) in [6.45, 7) is 4.91. The molecule has 1 aromatic carbocycles. The topological polar surface area (TPSA) is 38.5 Å². The van der Waals surface area contributed by atoms with Gasteiger partial charge in [-0.15, -0.1) is 0 Å². The molecule has 3 nitrogen and oxygen atoms in total. The molecule has 0 spiro atoms. The van der Waals surface area contributed by atoms with Gasteiger partial charge < -0.3 is 10.5 Å². The molecule has 1 aliphatic rings. The second kappa shape index (κ2) is 6.32. The Morgan fingerprint density at radius 2 is 2.06 bits per heavy atom. The highest BCUT2D eigenvalue weighted by Crippen LogP contribution is 2.21. The first-order valence-electron chi connectivity index (χ1n) is 6.75. The number of piperidine rings is 1. The number of aryl methyl sites for hydroxylation is 1. The van der Waals surface area contributed by atoms with Gasteiger partial charge in [-0.1, -0.05) is 29.8 Å². The SMILES string of the molecule is COC1CCN(Cc2ccc(C)cc2)C(CN)C1. The van der Waals surface area contributed by atoms with Crippen LogP contribution in [0.1, 0.15) is 24.0 Å². The van der Waals surface area contributed by atoms with Gasteiger partial charge in [-0.2, -0.15) is 0 Å². The molecule has 100 valence electrons. The molecule has 0 saturated carbocycles. The first-order valence-corrected chi connectivity index (χ1v) is 6.75. The van der Waals surface area contributed by atoms with Crippen molar-refractivity contribution in [1.29, 1.82) is 0 Å². The maximum atomic E-state index is 5.89. The van der Waals surface area contributed by atoms with Crippen LogP contribution < -0.4 is 5.73 Å². The van der Waals surface area contributed by atoms with Crippen LogP contribution in [0, 0.1) is 6.92 Å². The summed E-state index contributed by atoms with van der Waals surface area (Å²) in [6.07, 6.45) is 2.55. The number of rotatable bonds is 4. The fourth-order valence-electron chi connectivity index (χ4n) is 2.66. The molecular weight excluding hydrogens is 224 g/mol. The van der Waals surface area contributed by atoms with E-state index in [9.17, 15) is 0 Å². The lowest BCUT2D eigenvalue weighted by atomic mass is 9.98. The predicted octanol–water partition coefficient (Wildman–Crippen LogP) is 1.93. The lowest BCUT2D eigenvalue weighted by Crippen LogP contribution is -2.47. The Morgan fingerprint density at radius 3 is 2.67 bits per heavy atom. The highest BCUT2D eigenvalue weighted by molar-refractivity contribution is 5.21. The summed E-state index contributed by atoms with van der Waals surface area (Å²) < 4.78 is 5.46. The first kappa shape index (κ1) is 13.5. The summed E-state index contributed by atoms with van der Waals surface area (Å²) in [5, 5.41) is 0. The van der Waals surface area contributed by atoms with Crippen LogP contribution >= 0.6 is 0 Å². The maximum absolute atomic E-state index is 5.89. The largest absolute Gasteiger partial charge is 0.381 e. The van der Waals surface area contributed by atoms with E-state index in [0.29, 0.717) is 18.7 Å². The molecule has 2 unspecified atom stereocenters. The second-order valence-corrected chi connectivity index (χ2v) is 5.23. The Balaban J connectivity index is 1.97. The number of benzene rings is 1. The fraction of sp³-hybridized carbons (Fsp3) is 0.600. The van der Waals surface area contributed by atoms with Gasteiger partial charge in [0.25, 0.3) is 0 Å². The van der Waals surface area contributed by atoms with E-state index in [2.05, 4.69) is 36.1 Å². The predicted molar refractivity (Wildman–Crippen MR) is 74.5 cm³/mol. The summed E-state index contributed by atoms with van der Waals surface area (Å²) in [5.74, 6) is 0. The fourth-order valence-corrected chi connectivity index (χ4v) is 2.66. The van der Waals surface area contributed by atoms with Gasteiger partial charge in [0, 0.05) is 32.8 Å². The quantitative estimate of drug-likeness (QED) is 0.885. The number of nitrogens with zero attached hydrogens (tertiary/aromatic N) is 1. The molecule has 0 amide bonds. The Bertz CT molecular complexity index is 363. The zero-order valence-corrected chi connectivity index (χ0v) is 11.4. The molecular formula is C15H24N2O. The van der Waals surface area contributed by atoms with Gasteiger partial charge in [0.15, 0.2) is 0 Å². The van der Waals surface area contributed by atoms with Gasteiger partial charge in [-0.05, 0) is 25.3 Å². The first-order chi connectivity index (χ1) is 8.72. The standard InChI is InChI=1S/C15H24N2O/c1-12-3-5-13(6-4-12)11-17-8-7-15(18-2)9-14(17)10-16/h3-6,14-15H,7-11,16H2,1-2H3. The number of ether oxygens (including phenoxy) is 1. The normalized spacial score (nSPS) is 25.3. The van der Waals surface area contributed by atoms with Crippen LogP contribution in [-0.4, -0.2) is 37.2 Å². The molecule has 1 fully saturated rings. The molecule has 18 heavy (non-hydrogen) atoms. The molecule has 0 aromatic heterocycles. The van der Waals surface area contributed by atoms with Gasteiger partial charge in [-0.3, -0.25) is 4.90 Å². The zero-order valence-electron chi connectivity index (χ0n) is 11.4. The Kier molecular flexibility index (Phi) is 4.75. The second-order valence-electron chi connectivity index (χ2n) is 5.23. The minimum absolute atomic E-state index is 0.382. The third-order valence-corrected chi connectivity index (χ3v) is 3.90. The van der Waals surface area contributed by atoms with Crippen molar-refractivity contribution in [2.24, 2.45) is 5.73 Å². The molecule has 1 aliphatic heterocycles. The Hall–Kier alpha value is -0.900. The van der Waals surface area contributed by atoms with Crippen molar-refractivity contribution in [2.75, 3.05) is 20.2 Å². The zero-order chi connectivity index (χ0) is 13.0. The molecule has 2 rings (SSSR count). The number of likely N-dealkylation sites (tertiary alicyclic amines) is 1. The summed E-state index contributed by atoms with van der Waals surface area (Å²) in [5.41, 5.74) is 8.57. The maximum Gasteiger partial charge on any atom is 0.0599 e. The van der Waals surface area contributed by atoms with Gasteiger partial charge in [-0.25, -0.2) is 0 Å². The monoisotopic (exact) mass is 248 g/mol. The Morgan fingerprint density at radius 1 is 1.33 bits per heavy atom. The average Bonchev–Trinajstić information content (AvgIpc) is 2.41. The van der Waals surface area contributed by atoms with Crippen LogP contribution in [0.25, 0.3) is 0 Å². The average molecular weight is 248 g/mol. The van der Waals surface area contributed by atoms with Gasteiger partial charge in [0.1, 0.15) is 0 Å². The smallest absolute Gasteiger partial charge is 0.0599 e. The van der Waals surface area contributed by atoms with Gasteiger partial charge >= 0.3 is 0 Å². The van der Waals surface area contributed by atoms with Crippen molar-refractivity contribution in [3.8, 4) is 0 Å².